The second-order valence-electron chi connectivity index (χ2n) is 6.76. The number of benzene rings is 2. The summed E-state index contributed by atoms with van der Waals surface area (Å²) in [5, 5.41) is 3.95. The summed E-state index contributed by atoms with van der Waals surface area (Å²) in [5.41, 5.74) is 2.07. The molecule has 0 aliphatic carbocycles. The SMILES string of the molecule is CC(C)c1ccc(-c2noc(COC(=O)[C@H]3COc4ccccc4O3)n2)cc1. The van der Waals surface area contributed by atoms with Gasteiger partial charge in [0.05, 0.1) is 0 Å². The molecule has 28 heavy (non-hydrogen) atoms. The van der Waals surface area contributed by atoms with Gasteiger partial charge in [-0.05, 0) is 23.6 Å². The Labute approximate surface area is 162 Å². The number of hydrogen-bond donors (Lipinski definition) is 0. The first kappa shape index (κ1) is 18.0. The number of hydrogen-bond acceptors (Lipinski definition) is 7. The average molecular weight is 380 g/mol. The number of rotatable bonds is 5. The molecule has 0 fully saturated rings. The summed E-state index contributed by atoms with van der Waals surface area (Å²) in [7, 11) is 0. The molecule has 4 rings (SSSR count). The molecule has 144 valence electrons. The molecule has 0 unspecified atom stereocenters. The predicted octanol–water partition coefficient (Wildman–Crippen LogP) is 3.74. The summed E-state index contributed by atoms with van der Waals surface area (Å²) in [6.07, 6.45) is -0.833. The summed E-state index contributed by atoms with van der Waals surface area (Å²) in [5.74, 6) is 1.70. The van der Waals surface area contributed by atoms with Crippen LogP contribution < -0.4 is 9.47 Å². The third kappa shape index (κ3) is 3.83. The Kier molecular flexibility index (Phi) is 4.97. The van der Waals surface area contributed by atoms with Gasteiger partial charge in [-0.15, -0.1) is 0 Å². The van der Waals surface area contributed by atoms with Crippen molar-refractivity contribution in [1.29, 1.82) is 0 Å². The van der Waals surface area contributed by atoms with Crippen molar-refractivity contribution >= 4 is 5.97 Å². The Morgan fingerprint density at radius 3 is 2.64 bits per heavy atom. The lowest BCUT2D eigenvalue weighted by Crippen LogP contribution is -2.37. The highest BCUT2D eigenvalue weighted by atomic mass is 16.6. The van der Waals surface area contributed by atoms with E-state index < -0.39 is 12.1 Å². The molecule has 0 radical (unpaired) electrons. The minimum absolute atomic E-state index is 0.0904. The number of esters is 1. The van der Waals surface area contributed by atoms with E-state index in [1.54, 1.807) is 12.1 Å². The van der Waals surface area contributed by atoms with E-state index >= 15 is 0 Å². The summed E-state index contributed by atoms with van der Waals surface area (Å²) >= 11 is 0. The third-order valence-corrected chi connectivity index (χ3v) is 4.41. The van der Waals surface area contributed by atoms with Gasteiger partial charge in [0.2, 0.25) is 11.9 Å². The van der Waals surface area contributed by atoms with Crippen LogP contribution in [0.3, 0.4) is 0 Å². The lowest BCUT2D eigenvalue weighted by atomic mass is 10.0. The van der Waals surface area contributed by atoms with E-state index in [1.165, 1.54) is 5.56 Å². The molecule has 2 aromatic carbocycles. The monoisotopic (exact) mass is 380 g/mol. The van der Waals surface area contributed by atoms with E-state index in [0.717, 1.165) is 5.56 Å². The van der Waals surface area contributed by atoms with E-state index in [9.17, 15) is 4.79 Å². The van der Waals surface area contributed by atoms with Crippen LogP contribution in [0.25, 0.3) is 11.4 Å². The van der Waals surface area contributed by atoms with Crippen molar-refractivity contribution in [3.8, 4) is 22.9 Å². The van der Waals surface area contributed by atoms with Crippen molar-refractivity contribution < 1.29 is 23.5 Å². The van der Waals surface area contributed by atoms with Gasteiger partial charge >= 0.3 is 5.97 Å². The second-order valence-corrected chi connectivity index (χ2v) is 6.76. The summed E-state index contributed by atoms with van der Waals surface area (Å²) in [6.45, 7) is 4.23. The molecule has 0 spiro atoms. The van der Waals surface area contributed by atoms with Crippen LogP contribution in [0.15, 0.2) is 53.1 Å². The maximum absolute atomic E-state index is 12.2. The van der Waals surface area contributed by atoms with Gasteiger partial charge in [0.25, 0.3) is 5.89 Å². The fourth-order valence-electron chi connectivity index (χ4n) is 2.81. The van der Waals surface area contributed by atoms with E-state index in [-0.39, 0.29) is 19.1 Å². The second kappa shape index (κ2) is 7.72. The smallest absolute Gasteiger partial charge is 0.351 e. The molecule has 0 N–H and O–H groups in total. The molecule has 0 saturated heterocycles. The van der Waals surface area contributed by atoms with Crippen LogP contribution in [-0.4, -0.2) is 28.8 Å². The van der Waals surface area contributed by atoms with Crippen LogP contribution in [-0.2, 0) is 16.1 Å². The van der Waals surface area contributed by atoms with Crippen LogP contribution in [0.4, 0.5) is 0 Å². The van der Waals surface area contributed by atoms with Crippen molar-refractivity contribution in [2.75, 3.05) is 6.61 Å². The molecule has 0 amide bonds. The first-order chi connectivity index (χ1) is 13.6. The van der Waals surface area contributed by atoms with Crippen molar-refractivity contribution in [3.63, 3.8) is 0 Å². The van der Waals surface area contributed by atoms with E-state index in [2.05, 4.69) is 24.0 Å². The van der Waals surface area contributed by atoms with Gasteiger partial charge < -0.3 is 18.7 Å². The Hall–Kier alpha value is -3.35. The largest absolute Gasteiger partial charge is 0.485 e. The number of fused-ring (bicyclic) bond motifs is 1. The van der Waals surface area contributed by atoms with E-state index in [4.69, 9.17) is 18.7 Å². The lowest BCUT2D eigenvalue weighted by Gasteiger charge is -2.24. The number of aromatic nitrogens is 2. The Morgan fingerprint density at radius 1 is 1.14 bits per heavy atom. The Morgan fingerprint density at radius 2 is 1.89 bits per heavy atom. The molecule has 1 aromatic heterocycles. The molecule has 1 aliphatic rings. The van der Waals surface area contributed by atoms with Crippen LogP contribution in [0, 0.1) is 0 Å². The van der Waals surface area contributed by atoms with Crippen LogP contribution in [0.5, 0.6) is 11.5 Å². The van der Waals surface area contributed by atoms with Crippen LogP contribution in [0.2, 0.25) is 0 Å². The predicted molar refractivity (Wildman–Crippen MR) is 100.0 cm³/mol. The van der Waals surface area contributed by atoms with Gasteiger partial charge in [-0.25, -0.2) is 4.79 Å². The highest BCUT2D eigenvalue weighted by Gasteiger charge is 2.29. The molecule has 1 aliphatic heterocycles. The number of ether oxygens (including phenoxy) is 3. The number of carbonyl (C=O) groups is 1. The van der Waals surface area contributed by atoms with Gasteiger partial charge in [-0.1, -0.05) is 55.4 Å². The van der Waals surface area contributed by atoms with E-state index in [0.29, 0.717) is 23.2 Å². The van der Waals surface area contributed by atoms with Gasteiger partial charge in [0.1, 0.15) is 6.61 Å². The first-order valence-corrected chi connectivity index (χ1v) is 9.08. The minimum Gasteiger partial charge on any atom is -0.485 e. The van der Waals surface area contributed by atoms with Crippen molar-refractivity contribution in [2.24, 2.45) is 0 Å². The highest BCUT2D eigenvalue weighted by molar-refractivity contribution is 5.76. The van der Waals surface area contributed by atoms with Gasteiger partial charge in [-0.2, -0.15) is 4.98 Å². The number of carbonyl (C=O) groups excluding carboxylic acids is 1. The van der Waals surface area contributed by atoms with Gasteiger partial charge in [0, 0.05) is 5.56 Å². The molecule has 0 bridgehead atoms. The molecule has 1 atom stereocenters. The van der Waals surface area contributed by atoms with Gasteiger partial charge in [-0.3, -0.25) is 0 Å². The Balaban J connectivity index is 1.35. The molecule has 0 saturated carbocycles. The number of para-hydroxylation sites is 2. The average Bonchev–Trinajstić information content (AvgIpc) is 3.21. The Bertz CT molecular complexity index is 965. The quantitative estimate of drug-likeness (QED) is 0.623. The third-order valence-electron chi connectivity index (χ3n) is 4.41. The molecular formula is C21H20N2O5. The zero-order valence-corrected chi connectivity index (χ0v) is 15.6. The fourth-order valence-corrected chi connectivity index (χ4v) is 2.81. The minimum atomic E-state index is -0.833. The zero-order valence-electron chi connectivity index (χ0n) is 15.6. The van der Waals surface area contributed by atoms with Crippen LogP contribution >= 0.6 is 0 Å². The molecule has 7 nitrogen and oxygen atoms in total. The molecule has 7 heteroatoms. The van der Waals surface area contributed by atoms with Crippen molar-refractivity contribution in [2.45, 2.75) is 32.5 Å². The summed E-state index contributed by atoms with van der Waals surface area (Å²) < 4.78 is 21.6. The van der Waals surface area contributed by atoms with Crippen molar-refractivity contribution in [3.05, 3.63) is 60.0 Å². The van der Waals surface area contributed by atoms with Crippen molar-refractivity contribution in [1.82, 2.24) is 10.1 Å². The fraction of sp³-hybridized carbons (Fsp3) is 0.286. The maximum atomic E-state index is 12.2. The lowest BCUT2D eigenvalue weighted by molar-refractivity contribution is -0.156. The molecular weight excluding hydrogens is 360 g/mol. The summed E-state index contributed by atoms with van der Waals surface area (Å²) in [6, 6.07) is 15.1. The topological polar surface area (TPSA) is 83.7 Å². The molecule has 3 aromatic rings. The number of nitrogens with zero attached hydrogens (tertiary/aromatic N) is 2. The highest BCUT2D eigenvalue weighted by Crippen LogP contribution is 2.31. The normalized spacial score (nSPS) is 15.5. The standard InChI is InChI=1S/C21H20N2O5/c1-13(2)14-7-9-15(10-8-14)20-22-19(28-23-20)12-26-21(24)18-11-25-16-5-3-4-6-17(16)27-18/h3-10,13,18H,11-12H2,1-2H3/t18-/m1/s1. The van der Waals surface area contributed by atoms with Gasteiger partial charge in [0.15, 0.2) is 18.1 Å². The van der Waals surface area contributed by atoms with Crippen LogP contribution in [0.1, 0.15) is 31.2 Å². The van der Waals surface area contributed by atoms with E-state index in [1.807, 2.05) is 36.4 Å². The maximum Gasteiger partial charge on any atom is 0.351 e. The summed E-state index contributed by atoms with van der Waals surface area (Å²) in [4.78, 5) is 16.5. The molecule has 2 heterocycles. The first-order valence-electron chi connectivity index (χ1n) is 9.08. The zero-order chi connectivity index (χ0) is 19.5.